The molecule has 2 aliphatic heterocycles. The molecule has 2 atom stereocenters. The van der Waals surface area contributed by atoms with Crippen LogP contribution in [0.25, 0.3) is 11.4 Å². The van der Waals surface area contributed by atoms with Gasteiger partial charge in [0.05, 0.1) is 17.6 Å². The number of nitrogens with one attached hydrogen (secondary N) is 2. The Morgan fingerprint density at radius 2 is 2.24 bits per heavy atom. The number of fused-ring (bicyclic) bond motifs is 1. The first kappa shape index (κ1) is 12.6. The molecule has 2 unspecified atom stereocenters. The first-order valence-corrected chi connectivity index (χ1v) is 7.34. The number of nitrogens with zero attached hydrogens (tertiary/aromatic N) is 4. The smallest absolute Gasteiger partial charge is 0.222 e. The molecule has 0 saturated carbocycles. The van der Waals surface area contributed by atoms with E-state index in [1.165, 1.54) is 6.42 Å². The van der Waals surface area contributed by atoms with E-state index in [1.807, 2.05) is 13.0 Å². The van der Waals surface area contributed by atoms with Crippen molar-refractivity contribution in [3.8, 4) is 11.4 Å². The maximum absolute atomic E-state index is 5.90. The van der Waals surface area contributed by atoms with Crippen molar-refractivity contribution in [2.75, 3.05) is 30.3 Å². The summed E-state index contributed by atoms with van der Waals surface area (Å²) >= 11 is 0. The summed E-state index contributed by atoms with van der Waals surface area (Å²) in [6.07, 6.45) is 3.03. The molecule has 7 heteroatoms. The molecule has 110 valence electrons. The Hall–Kier alpha value is -2.15. The van der Waals surface area contributed by atoms with Crippen molar-refractivity contribution in [3.05, 3.63) is 17.8 Å². The second-order valence-electron chi connectivity index (χ2n) is 5.91. The van der Waals surface area contributed by atoms with Gasteiger partial charge < -0.3 is 16.0 Å². The van der Waals surface area contributed by atoms with Crippen LogP contribution >= 0.6 is 0 Å². The van der Waals surface area contributed by atoms with Crippen molar-refractivity contribution in [2.24, 2.45) is 5.92 Å². The van der Waals surface area contributed by atoms with Crippen molar-refractivity contribution in [1.82, 2.24) is 25.5 Å². The molecule has 0 aromatic carbocycles. The fourth-order valence-corrected chi connectivity index (χ4v) is 3.38. The Bertz CT molecular complexity index is 653. The lowest BCUT2D eigenvalue weighted by Gasteiger charge is -2.19. The highest BCUT2D eigenvalue weighted by Crippen LogP contribution is 2.30. The monoisotopic (exact) mass is 285 g/mol. The van der Waals surface area contributed by atoms with Crippen molar-refractivity contribution in [1.29, 1.82) is 0 Å². The lowest BCUT2D eigenvalue weighted by atomic mass is 10.1. The largest absolute Gasteiger partial charge is 0.368 e. The minimum Gasteiger partial charge on any atom is -0.368 e. The third-order valence-corrected chi connectivity index (χ3v) is 4.50. The average molecular weight is 285 g/mol. The van der Waals surface area contributed by atoms with Crippen LogP contribution in [0.1, 0.15) is 12.0 Å². The Kier molecular flexibility index (Phi) is 2.81. The summed E-state index contributed by atoms with van der Waals surface area (Å²) in [5.41, 5.74) is 8.66. The Balaban J connectivity index is 1.67. The first-order valence-electron chi connectivity index (χ1n) is 7.34. The molecule has 0 amide bonds. The van der Waals surface area contributed by atoms with Crippen LogP contribution in [0.4, 0.5) is 11.8 Å². The molecule has 4 N–H and O–H groups in total. The number of nitrogens with two attached hydrogens (primary N) is 1. The van der Waals surface area contributed by atoms with E-state index in [2.05, 4.69) is 30.4 Å². The van der Waals surface area contributed by atoms with Crippen molar-refractivity contribution in [3.63, 3.8) is 0 Å². The number of rotatable bonds is 2. The van der Waals surface area contributed by atoms with E-state index in [0.29, 0.717) is 12.0 Å². The summed E-state index contributed by atoms with van der Waals surface area (Å²) in [6.45, 7) is 5.16. The molecule has 0 spiro atoms. The fraction of sp³-hybridized carbons (Fsp3) is 0.500. The van der Waals surface area contributed by atoms with Crippen LogP contribution < -0.4 is 16.0 Å². The average Bonchev–Trinajstić information content (AvgIpc) is 3.12. The molecule has 0 radical (unpaired) electrons. The van der Waals surface area contributed by atoms with E-state index < -0.39 is 0 Å². The molecule has 4 heterocycles. The summed E-state index contributed by atoms with van der Waals surface area (Å²) in [5.74, 6) is 1.93. The zero-order valence-electron chi connectivity index (χ0n) is 12.0. The maximum atomic E-state index is 5.90. The van der Waals surface area contributed by atoms with Crippen molar-refractivity contribution < 1.29 is 0 Å². The van der Waals surface area contributed by atoms with E-state index in [-0.39, 0.29) is 0 Å². The van der Waals surface area contributed by atoms with Gasteiger partial charge in [-0.05, 0) is 31.4 Å². The highest BCUT2D eigenvalue weighted by Gasteiger charge is 2.36. The van der Waals surface area contributed by atoms with Gasteiger partial charge in [-0.2, -0.15) is 10.1 Å². The Morgan fingerprint density at radius 1 is 1.33 bits per heavy atom. The highest BCUT2D eigenvalue weighted by atomic mass is 15.3. The van der Waals surface area contributed by atoms with Crippen LogP contribution in [0.15, 0.2) is 12.3 Å². The van der Waals surface area contributed by atoms with Gasteiger partial charge in [0, 0.05) is 25.2 Å². The second-order valence-corrected chi connectivity index (χ2v) is 5.91. The van der Waals surface area contributed by atoms with E-state index >= 15 is 0 Å². The normalized spacial score (nSPS) is 24.5. The summed E-state index contributed by atoms with van der Waals surface area (Å²) in [6, 6.07) is 2.58. The molecule has 2 aromatic rings. The van der Waals surface area contributed by atoms with E-state index in [4.69, 9.17) is 5.73 Å². The standard InChI is InChI=1S/C14H19N7/c1-8-5-17-20-13(8)10-4-12(19-14(15)18-10)21-6-9-2-3-16-11(9)7-21/h4-5,9,11,16H,2-3,6-7H2,1H3,(H,17,20)(H2,15,18,19). The summed E-state index contributed by atoms with van der Waals surface area (Å²) in [5, 5.41) is 10.6. The molecule has 21 heavy (non-hydrogen) atoms. The van der Waals surface area contributed by atoms with E-state index in [1.54, 1.807) is 6.20 Å². The number of aryl methyl sites for hydroxylation is 1. The molecular formula is C14H19N7. The van der Waals surface area contributed by atoms with Gasteiger partial charge in [-0.15, -0.1) is 0 Å². The van der Waals surface area contributed by atoms with Gasteiger partial charge >= 0.3 is 0 Å². The molecule has 2 fully saturated rings. The number of aromatic nitrogens is 4. The SMILES string of the molecule is Cc1cn[nH]c1-c1cc(N2CC3CCNC3C2)nc(N)n1. The lowest BCUT2D eigenvalue weighted by Crippen LogP contribution is -2.30. The number of aromatic amines is 1. The molecular weight excluding hydrogens is 266 g/mol. The molecule has 2 aromatic heterocycles. The number of nitrogen functional groups attached to an aromatic ring is 1. The predicted octanol–water partition coefficient (Wildman–Crippen LogP) is 0.555. The van der Waals surface area contributed by atoms with E-state index in [0.717, 1.165) is 48.3 Å². The number of hydrogen-bond donors (Lipinski definition) is 3. The van der Waals surface area contributed by atoms with Gasteiger partial charge in [0.2, 0.25) is 5.95 Å². The third kappa shape index (κ3) is 2.13. The van der Waals surface area contributed by atoms with E-state index in [9.17, 15) is 0 Å². The second kappa shape index (κ2) is 4.70. The molecule has 4 rings (SSSR count). The molecule has 7 nitrogen and oxygen atoms in total. The predicted molar refractivity (Wildman–Crippen MR) is 80.9 cm³/mol. The molecule has 2 aliphatic rings. The van der Waals surface area contributed by atoms with Gasteiger partial charge in [-0.1, -0.05) is 0 Å². The van der Waals surface area contributed by atoms with Crippen LogP contribution in [0.5, 0.6) is 0 Å². The van der Waals surface area contributed by atoms with Crippen molar-refractivity contribution in [2.45, 2.75) is 19.4 Å². The maximum Gasteiger partial charge on any atom is 0.222 e. The zero-order chi connectivity index (χ0) is 14.4. The zero-order valence-corrected chi connectivity index (χ0v) is 12.0. The van der Waals surface area contributed by atoms with Crippen LogP contribution in [0.3, 0.4) is 0 Å². The number of anilines is 2. The van der Waals surface area contributed by atoms with Crippen molar-refractivity contribution >= 4 is 11.8 Å². The fourth-order valence-electron chi connectivity index (χ4n) is 3.38. The van der Waals surface area contributed by atoms with Gasteiger partial charge in [0.25, 0.3) is 0 Å². The van der Waals surface area contributed by atoms with Crippen LogP contribution in [-0.4, -0.2) is 45.8 Å². The summed E-state index contributed by atoms with van der Waals surface area (Å²) in [7, 11) is 0. The van der Waals surface area contributed by atoms with Crippen LogP contribution in [0, 0.1) is 12.8 Å². The van der Waals surface area contributed by atoms with Gasteiger partial charge in [0.1, 0.15) is 5.82 Å². The summed E-state index contributed by atoms with van der Waals surface area (Å²) < 4.78 is 0. The first-order chi connectivity index (χ1) is 10.2. The summed E-state index contributed by atoms with van der Waals surface area (Å²) in [4.78, 5) is 11.0. The van der Waals surface area contributed by atoms with Gasteiger partial charge in [-0.25, -0.2) is 4.98 Å². The van der Waals surface area contributed by atoms with Gasteiger partial charge in [0.15, 0.2) is 0 Å². The molecule has 0 bridgehead atoms. The number of H-pyrrole nitrogens is 1. The van der Waals surface area contributed by atoms with Gasteiger partial charge in [-0.3, -0.25) is 5.10 Å². The molecule has 0 aliphatic carbocycles. The van der Waals surface area contributed by atoms with Crippen LogP contribution in [-0.2, 0) is 0 Å². The number of hydrogen-bond acceptors (Lipinski definition) is 6. The molecule has 2 saturated heterocycles. The topological polar surface area (TPSA) is 95.8 Å². The third-order valence-electron chi connectivity index (χ3n) is 4.50. The minimum absolute atomic E-state index is 0.307. The Morgan fingerprint density at radius 3 is 3.00 bits per heavy atom. The Labute approximate surface area is 123 Å². The minimum atomic E-state index is 0.307. The lowest BCUT2D eigenvalue weighted by molar-refractivity contribution is 0.556. The highest BCUT2D eigenvalue weighted by molar-refractivity contribution is 5.63. The van der Waals surface area contributed by atoms with Crippen LogP contribution in [0.2, 0.25) is 0 Å². The quantitative estimate of drug-likeness (QED) is 0.746.